The van der Waals surface area contributed by atoms with Gasteiger partial charge in [-0.3, -0.25) is 4.79 Å². The monoisotopic (exact) mass is 326 g/mol. The summed E-state index contributed by atoms with van der Waals surface area (Å²) in [4.78, 5) is 12.3. The molecule has 2 aromatic rings. The zero-order valence-corrected chi connectivity index (χ0v) is 14.2. The molecule has 0 heterocycles. The van der Waals surface area contributed by atoms with Crippen molar-refractivity contribution < 1.29 is 19.4 Å². The molecule has 0 amide bonds. The van der Waals surface area contributed by atoms with E-state index in [1.54, 1.807) is 32.4 Å². The Morgan fingerprint density at radius 3 is 2.42 bits per heavy atom. The second kappa shape index (κ2) is 8.20. The van der Waals surface area contributed by atoms with Crippen LogP contribution in [-0.4, -0.2) is 25.1 Å². The van der Waals surface area contributed by atoms with Gasteiger partial charge in [0.25, 0.3) is 0 Å². The lowest BCUT2D eigenvalue weighted by Crippen LogP contribution is -1.98. The fraction of sp³-hybridized carbons (Fsp3) is 0.250. The van der Waals surface area contributed by atoms with Crippen LogP contribution in [0.4, 0.5) is 0 Å². The molecular weight excluding hydrogens is 304 g/mol. The van der Waals surface area contributed by atoms with Crippen molar-refractivity contribution in [1.29, 1.82) is 0 Å². The molecule has 0 radical (unpaired) electrons. The third-order valence-electron chi connectivity index (χ3n) is 3.74. The first-order valence-corrected chi connectivity index (χ1v) is 7.85. The zero-order valence-electron chi connectivity index (χ0n) is 14.2. The third kappa shape index (κ3) is 4.16. The fourth-order valence-corrected chi connectivity index (χ4v) is 2.49. The molecular formula is C20H22O4. The van der Waals surface area contributed by atoms with E-state index in [4.69, 9.17) is 9.47 Å². The molecule has 2 rings (SSSR count). The highest BCUT2D eigenvalue weighted by Gasteiger charge is 2.10. The van der Waals surface area contributed by atoms with Crippen LogP contribution >= 0.6 is 0 Å². The summed E-state index contributed by atoms with van der Waals surface area (Å²) in [7, 11) is 3.23. The summed E-state index contributed by atoms with van der Waals surface area (Å²) < 4.78 is 10.8. The largest absolute Gasteiger partial charge is 0.508 e. The molecule has 0 unspecified atom stereocenters. The Morgan fingerprint density at radius 1 is 1.12 bits per heavy atom. The Kier molecular flexibility index (Phi) is 6.01. The summed E-state index contributed by atoms with van der Waals surface area (Å²) >= 11 is 0. The van der Waals surface area contributed by atoms with Crippen LogP contribution in [0, 0.1) is 0 Å². The molecule has 0 atom stereocenters. The minimum atomic E-state index is -0.126. The number of hydrogen-bond acceptors (Lipinski definition) is 4. The predicted molar refractivity (Wildman–Crippen MR) is 95.0 cm³/mol. The van der Waals surface area contributed by atoms with Crippen molar-refractivity contribution in [3.05, 3.63) is 59.2 Å². The Labute approximate surface area is 142 Å². The van der Waals surface area contributed by atoms with Gasteiger partial charge in [0, 0.05) is 17.2 Å². The summed E-state index contributed by atoms with van der Waals surface area (Å²) in [5.41, 5.74) is 2.48. The smallest absolute Gasteiger partial charge is 0.185 e. The van der Waals surface area contributed by atoms with Crippen molar-refractivity contribution in [3.63, 3.8) is 0 Å². The number of ketones is 1. The van der Waals surface area contributed by atoms with E-state index in [-0.39, 0.29) is 11.5 Å². The van der Waals surface area contributed by atoms with Gasteiger partial charge in [0.15, 0.2) is 5.78 Å². The molecule has 0 fully saturated rings. The topological polar surface area (TPSA) is 55.8 Å². The molecule has 0 spiro atoms. The van der Waals surface area contributed by atoms with E-state index in [2.05, 4.69) is 6.92 Å². The molecule has 0 aliphatic carbocycles. The number of rotatable bonds is 7. The normalized spacial score (nSPS) is 10.8. The van der Waals surface area contributed by atoms with Crippen LogP contribution in [0.2, 0.25) is 0 Å². The van der Waals surface area contributed by atoms with E-state index in [1.165, 1.54) is 18.2 Å². The maximum atomic E-state index is 12.3. The number of hydrogen-bond donors (Lipinski definition) is 1. The molecule has 0 saturated carbocycles. The van der Waals surface area contributed by atoms with Gasteiger partial charge < -0.3 is 14.6 Å². The molecule has 0 saturated heterocycles. The molecule has 126 valence electrons. The highest BCUT2D eigenvalue weighted by atomic mass is 16.5. The molecule has 0 aromatic heterocycles. The molecule has 4 heteroatoms. The lowest BCUT2D eigenvalue weighted by Gasteiger charge is -2.13. The van der Waals surface area contributed by atoms with E-state index < -0.39 is 0 Å². The zero-order chi connectivity index (χ0) is 17.5. The quantitative estimate of drug-likeness (QED) is 0.610. The maximum absolute atomic E-state index is 12.3. The summed E-state index contributed by atoms with van der Waals surface area (Å²) in [6, 6.07) is 9.94. The van der Waals surface area contributed by atoms with Gasteiger partial charge in [0.05, 0.1) is 14.2 Å². The first-order valence-electron chi connectivity index (χ1n) is 7.85. The summed E-state index contributed by atoms with van der Waals surface area (Å²) in [5, 5.41) is 9.30. The number of phenols is 1. The Balaban J connectivity index is 2.35. The van der Waals surface area contributed by atoms with Gasteiger partial charge in [-0.15, -0.1) is 0 Å². The van der Waals surface area contributed by atoms with Crippen molar-refractivity contribution in [1.82, 2.24) is 0 Å². The van der Waals surface area contributed by atoms with Crippen LogP contribution in [0.25, 0.3) is 6.08 Å². The number of allylic oxidation sites excluding steroid dienone is 1. The minimum Gasteiger partial charge on any atom is -0.508 e. The average Bonchev–Trinajstić information content (AvgIpc) is 2.61. The van der Waals surface area contributed by atoms with Crippen LogP contribution in [0.15, 0.2) is 42.5 Å². The van der Waals surface area contributed by atoms with E-state index in [0.717, 1.165) is 29.7 Å². The molecule has 1 N–H and O–H groups in total. The van der Waals surface area contributed by atoms with E-state index in [0.29, 0.717) is 11.3 Å². The van der Waals surface area contributed by atoms with Crippen LogP contribution in [0.1, 0.15) is 34.8 Å². The Morgan fingerprint density at radius 2 is 1.83 bits per heavy atom. The van der Waals surface area contributed by atoms with Gasteiger partial charge in [0.1, 0.15) is 17.2 Å². The number of methoxy groups -OCH3 is 2. The van der Waals surface area contributed by atoms with E-state index in [1.807, 2.05) is 12.1 Å². The van der Waals surface area contributed by atoms with Crippen molar-refractivity contribution in [2.24, 2.45) is 0 Å². The highest BCUT2D eigenvalue weighted by molar-refractivity contribution is 6.07. The van der Waals surface area contributed by atoms with Gasteiger partial charge in [-0.1, -0.05) is 19.4 Å². The molecule has 0 bridgehead atoms. The SMILES string of the molecule is CCCc1c(C=CC(=O)c2ccc(O)cc2)cc(OC)cc1OC. The second-order valence-corrected chi connectivity index (χ2v) is 5.39. The fourth-order valence-electron chi connectivity index (χ4n) is 2.49. The number of aromatic hydroxyl groups is 1. The summed E-state index contributed by atoms with van der Waals surface area (Å²) in [6.45, 7) is 2.10. The highest BCUT2D eigenvalue weighted by Crippen LogP contribution is 2.31. The van der Waals surface area contributed by atoms with Crippen molar-refractivity contribution >= 4 is 11.9 Å². The number of carbonyl (C=O) groups excluding carboxylic acids is 1. The van der Waals surface area contributed by atoms with Gasteiger partial charge in [-0.05, 0) is 48.4 Å². The predicted octanol–water partition coefficient (Wildman–Crippen LogP) is 4.26. The number of carbonyl (C=O) groups is 1. The van der Waals surface area contributed by atoms with Crippen molar-refractivity contribution in [2.45, 2.75) is 19.8 Å². The van der Waals surface area contributed by atoms with Gasteiger partial charge in [-0.2, -0.15) is 0 Å². The minimum absolute atomic E-state index is 0.126. The molecule has 0 aliphatic rings. The molecule has 4 nitrogen and oxygen atoms in total. The Bertz CT molecular complexity index is 730. The molecule has 24 heavy (non-hydrogen) atoms. The van der Waals surface area contributed by atoms with Gasteiger partial charge in [-0.25, -0.2) is 0 Å². The van der Waals surface area contributed by atoms with Crippen LogP contribution in [-0.2, 0) is 6.42 Å². The maximum Gasteiger partial charge on any atom is 0.185 e. The first-order chi connectivity index (χ1) is 11.6. The van der Waals surface area contributed by atoms with Crippen molar-refractivity contribution in [2.75, 3.05) is 14.2 Å². The van der Waals surface area contributed by atoms with Crippen LogP contribution < -0.4 is 9.47 Å². The Hall–Kier alpha value is -2.75. The number of benzene rings is 2. The van der Waals surface area contributed by atoms with Gasteiger partial charge >= 0.3 is 0 Å². The lowest BCUT2D eigenvalue weighted by molar-refractivity contribution is 0.104. The average molecular weight is 326 g/mol. The number of ether oxygens (including phenoxy) is 2. The van der Waals surface area contributed by atoms with Crippen LogP contribution in [0.3, 0.4) is 0 Å². The van der Waals surface area contributed by atoms with Crippen LogP contribution in [0.5, 0.6) is 17.2 Å². The molecule has 2 aromatic carbocycles. The van der Waals surface area contributed by atoms with E-state index >= 15 is 0 Å². The lowest BCUT2D eigenvalue weighted by atomic mass is 10.00. The van der Waals surface area contributed by atoms with E-state index in [9.17, 15) is 9.90 Å². The van der Waals surface area contributed by atoms with Crippen molar-refractivity contribution in [3.8, 4) is 17.2 Å². The molecule has 0 aliphatic heterocycles. The first kappa shape index (κ1) is 17.6. The third-order valence-corrected chi connectivity index (χ3v) is 3.74. The number of phenolic OH excluding ortho intramolecular Hbond substituents is 1. The summed E-state index contributed by atoms with van der Waals surface area (Å²) in [5.74, 6) is 1.45. The standard InChI is InChI=1S/C20H22O4/c1-4-5-18-15(12-17(23-2)13-20(18)24-3)8-11-19(22)14-6-9-16(21)10-7-14/h6-13,21H,4-5H2,1-3H3. The van der Waals surface area contributed by atoms with Gasteiger partial charge in [0.2, 0.25) is 0 Å². The summed E-state index contributed by atoms with van der Waals surface area (Å²) in [6.07, 6.45) is 5.13. The second-order valence-electron chi connectivity index (χ2n) is 5.39.